The van der Waals surface area contributed by atoms with E-state index in [2.05, 4.69) is 15.0 Å². The number of aromatic nitrogens is 3. The molecule has 0 aliphatic carbocycles. The van der Waals surface area contributed by atoms with E-state index in [-0.39, 0.29) is 6.10 Å². The first-order valence-corrected chi connectivity index (χ1v) is 8.73. The summed E-state index contributed by atoms with van der Waals surface area (Å²) in [5, 5.41) is 2.93. The zero-order valence-corrected chi connectivity index (χ0v) is 14.9. The highest BCUT2D eigenvalue weighted by Gasteiger charge is 2.12. The molecule has 0 fully saturated rings. The third kappa shape index (κ3) is 4.98. The fourth-order valence-corrected chi connectivity index (χ4v) is 2.69. The Morgan fingerprint density at radius 3 is 2.80 bits per heavy atom. The first-order chi connectivity index (χ1) is 12.2. The van der Waals surface area contributed by atoms with Crippen molar-refractivity contribution in [1.29, 1.82) is 0 Å². The lowest BCUT2D eigenvalue weighted by Gasteiger charge is -2.15. The Balaban J connectivity index is 1.81. The predicted molar refractivity (Wildman–Crippen MR) is 95.4 cm³/mol. The summed E-state index contributed by atoms with van der Waals surface area (Å²) in [5.41, 5.74) is 0.816. The summed E-state index contributed by atoms with van der Waals surface area (Å²) >= 11 is 1.59. The van der Waals surface area contributed by atoms with Gasteiger partial charge in [0.1, 0.15) is 23.9 Å². The smallest absolute Gasteiger partial charge is 0.149 e. The first kappa shape index (κ1) is 17.3. The van der Waals surface area contributed by atoms with Crippen molar-refractivity contribution in [3.63, 3.8) is 0 Å². The maximum Gasteiger partial charge on any atom is 0.149 e. The van der Waals surface area contributed by atoms with Gasteiger partial charge in [-0.3, -0.25) is 9.97 Å². The van der Waals surface area contributed by atoms with E-state index in [1.807, 2.05) is 30.5 Å². The fourth-order valence-electron chi connectivity index (χ4n) is 2.07. The van der Waals surface area contributed by atoms with E-state index in [0.717, 1.165) is 10.7 Å². The summed E-state index contributed by atoms with van der Waals surface area (Å²) in [6, 6.07) is 5.49. The van der Waals surface area contributed by atoms with Crippen LogP contribution in [0, 0.1) is 0 Å². The Morgan fingerprint density at radius 1 is 1.16 bits per heavy atom. The second kappa shape index (κ2) is 8.55. The van der Waals surface area contributed by atoms with Gasteiger partial charge in [0.2, 0.25) is 0 Å². The first-order valence-electron chi connectivity index (χ1n) is 7.85. The van der Waals surface area contributed by atoms with Gasteiger partial charge in [0, 0.05) is 37.4 Å². The van der Waals surface area contributed by atoms with Crippen molar-refractivity contribution in [2.45, 2.75) is 19.4 Å². The van der Waals surface area contributed by atoms with Crippen LogP contribution in [0.5, 0.6) is 17.2 Å². The van der Waals surface area contributed by atoms with Crippen LogP contribution in [0.15, 0.2) is 48.4 Å². The Labute approximate surface area is 150 Å². The molecule has 3 aromatic rings. The Hall–Kier alpha value is -2.51. The molecule has 0 radical (unpaired) electrons. The van der Waals surface area contributed by atoms with E-state index >= 15 is 0 Å². The van der Waals surface area contributed by atoms with Crippen LogP contribution in [-0.4, -0.2) is 34.8 Å². The molecular formula is C18H19N3O3S. The van der Waals surface area contributed by atoms with Crippen molar-refractivity contribution in [2.24, 2.45) is 0 Å². The lowest BCUT2D eigenvalue weighted by molar-refractivity contribution is 0.0711. The number of ether oxygens (including phenoxy) is 3. The lowest BCUT2D eigenvalue weighted by atomic mass is 10.2. The minimum atomic E-state index is -0.0180. The molecule has 0 N–H and O–H groups in total. The number of nitrogens with zero attached hydrogens (tertiary/aromatic N) is 3. The van der Waals surface area contributed by atoms with Gasteiger partial charge in [-0.05, 0) is 19.1 Å². The van der Waals surface area contributed by atoms with Gasteiger partial charge in [0.15, 0.2) is 0 Å². The van der Waals surface area contributed by atoms with Crippen LogP contribution >= 0.6 is 11.3 Å². The van der Waals surface area contributed by atoms with Crippen molar-refractivity contribution in [1.82, 2.24) is 15.0 Å². The standard InChI is InChI=1S/C18H19N3O3S/c1-13(22-2)12-23-17-8-15(24-14-4-3-5-19-10-14)11-21-16(17)9-18-20-6-7-25-18/h3-8,10-11,13H,9,12H2,1-2H3. The van der Waals surface area contributed by atoms with E-state index in [0.29, 0.717) is 30.3 Å². The van der Waals surface area contributed by atoms with Gasteiger partial charge in [-0.1, -0.05) is 0 Å². The van der Waals surface area contributed by atoms with Crippen LogP contribution < -0.4 is 9.47 Å². The highest BCUT2D eigenvalue weighted by Crippen LogP contribution is 2.28. The molecule has 0 bridgehead atoms. The molecule has 0 aromatic carbocycles. The number of rotatable bonds is 8. The van der Waals surface area contributed by atoms with Crippen molar-refractivity contribution in [3.05, 3.63) is 59.1 Å². The van der Waals surface area contributed by atoms with E-state index in [4.69, 9.17) is 14.2 Å². The molecular weight excluding hydrogens is 338 g/mol. The van der Waals surface area contributed by atoms with Crippen LogP contribution in [-0.2, 0) is 11.2 Å². The predicted octanol–water partition coefficient (Wildman–Crippen LogP) is 3.73. The van der Waals surface area contributed by atoms with Gasteiger partial charge in [0.05, 0.1) is 29.2 Å². The summed E-state index contributed by atoms with van der Waals surface area (Å²) in [6.45, 7) is 2.38. The van der Waals surface area contributed by atoms with Crippen LogP contribution in [0.1, 0.15) is 17.6 Å². The molecule has 130 valence electrons. The summed E-state index contributed by atoms with van der Waals surface area (Å²) in [5.74, 6) is 1.91. The molecule has 7 heteroatoms. The van der Waals surface area contributed by atoms with Gasteiger partial charge in [-0.2, -0.15) is 0 Å². The molecule has 0 aliphatic rings. The summed E-state index contributed by atoms with van der Waals surface area (Å²) in [6.07, 6.45) is 7.41. The quantitative estimate of drug-likeness (QED) is 0.612. The SMILES string of the molecule is COC(C)COc1cc(Oc2cccnc2)cnc1Cc1nccs1. The highest BCUT2D eigenvalue weighted by molar-refractivity contribution is 7.09. The summed E-state index contributed by atoms with van der Waals surface area (Å²) < 4.78 is 17.0. The molecule has 0 saturated carbocycles. The molecule has 0 aliphatic heterocycles. The Bertz CT molecular complexity index is 782. The average molecular weight is 357 g/mol. The molecule has 6 nitrogen and oxygen atoms in total. The van der Waals surface area contributed by atoms with Gasteiger partial charge >= 0.3 is 0 Å². The Kier molecular flexibility index (Phi) is 5.92. The van der Waals surface area contributed by atoms with Crippen molar-refractivity contribution < 1.29 is 14.2 Å². The largest absolute Gasteiger partial charge is 0.489 e. The fraction of sp³-hybridized carbons (Fsp3) is 0.278. The molecule has 25 heavy (non-hydrogen) atoms. The van der Waals surface area contributed by atoms with E-state index < -0.39 is 0 Å². The topological polar surface area (TPSA) is 66.4 Å². The maximum atomic E-state index is 5.91. The zero-order chi connectivity index (χ0) is 17.5. The molecule has 0 amide bonds. The van der Waals surface area contributed by atoms with Crippen molar-refractivity contribution in [3.8, 4) is 17.2 Å². The molecule has 3 heterocycles. The van der Waals surface area contributed by atoms with Crippen molar-refractivity contribution >= 4 is 11.3 Å². The summed E-state index contributed by atoms with van der Waals surface area (Å²) in [4.78, 5) is 12.9. The number of hydrogen-bond acceptors (Lipinski definition) is 7. The Morgan fingerprint density at radius 2 is 2.08 bits per heavy atom. The second-order valence-corrected chi connectivity index (χ2v) is 6.35. The molecule has 3 aromatic heterocycles. The molecule has 1 atom stereocenters. The molecule has 0 spiro atoms. The van der Waals surface area contributed by atoms with Crippen molar-refractivity contribution in [2.75, 3.05) is 13.7 Å². The van der Waals surface area contributed by atoms with Gasteiger partial charge < -0.3 is 14.2 Å². The average Bonchev–Trinajstić information content (AvgIpc) is 3.15. The normalized spacial score (nSPS) is 11.9. The number of pyridine rings is 2. The lowest BCUT2D eigenvalue weighted by Crippen LogP contribution is -2.17. The minimum absolute atomic E-state index is 0.0180. The van der Waals surface area contributed by atoms with E-state index in [9.17, 15) is 0 Å². The highest BCUT2D eigenvalue weighted by atomic mass is 32.1. The molecule has 0 saturated heterocycles. The number of thiazole rings is 1. The monoisotopic (exact) mass is 357 g/mol. The summed E-state index contributed by atoms with van der Waals surface area (Å²) in [7, 11) is 1.66. The van der Waals surface area contributed by atoms with Crippen LogP contribution in [0.4, 0.5) is 0 Å². The minimum Gasteiger partial charge on any atom is -0.489 e. The van der Waals surface area contributed by atoms with Crippen LogP contribution in [0.25, 0.3) is 0 Å². The zero-order valence-electron chi connectivity index (χ0n) is 14.1. The third-order valence-electron chi connectivity index (χ3n) is 3.45. The molecule has 1 unspecified atom stereocenters. The maximum absolute atomic E-state index is 5.91. The van der Waals surface area contributed by atoms with Gasteiger partial charge in [-0.15, -0.1) is 11.3 Å². The number of methoxy groups -OCH3 is 1. The van der Waals surface area contributed by atoms with Crippen LogP contribution in [0.2, 0.25) is 0 Å². The second-order valence-electron chi connectivity index (χ2n) is 5.37. The van der Waals surface area contributed by atoms with E-state index in [1.54, 1.807) is 43.2 Å². The number of hydrogen-bond donors (Lipinski definition) is 0. The van der Waals surface area contributed by atoms with E-state index in [1.165, 1.54) is 0 Å². The third-order valence-corrected chi connectivity index (χ3v) is 4.23. The van der Waals surface area contributed by atoms with Gasteiger partial charge in [0.25, 0.3) is 0 Å². The van der Waals surface area contributed by atoms with Crippen LogP contribution in [0.3, 0.4) is 0 Å². The van der Waals surface area contributed by atoms with Gasteiger partial charge in [-0.25, -0.2) is 4.98 Å². The molecule has 3 rings (SSSR count).